The van der Waals surface area contributed by atoms with Crippen LogP contribution in [0.5, 0.6) is 0 Å². The van der Waals surface area contributed by atoms with Gasteiger partial charge in [0.1, 0.15) is 6.04 Å². The van der Waals surface area contributed by atoms with Gasteiger partial charge in [-0.2, -0.15) is 0 Å². The van der Waals surface area contributed by atoms with E-state index in [-0.39, 0.29) is 0 Å². The van der Waals surface area contributed by atoms with E-state index >= 15 is 0 Å². The molecule has 1 atom stereocenters. The van der Waals surface area contributed by atoms with E-state index in [9.17, 15) is 4.79 Å². The molecular formula is C15H14ClNO2. The van der Waals surface area contributed by atoms with Gasteiger partial charge in [-0.1, -0.05) is 48.0 Å². The lowest BCUT2D eigenvalue weighted by molar-refractivity contribution is -0.138. The molecule has 3 N–H and O–H groups in total. The van der Waals surface area contributed by atoms with Gasteiger partial charge in [0, 0.05) is 5.02 Å². The summed E-state index contributed by atoms with van der Waals surface area (Å²) >= 11 is 5.87. The van der Waals surface area contributed by atoms with Crippen LogP contribution in [0.2, 0.25) is 5.02 Å². The molecular weight excluding hydrogens is 262 g/mol. The Morgan fingerprint density at radius 2 is 1.79 bits per heavy atom. The second kappa shape index (κ2) is 5.87. The van der Waals surface area contributed by atoms with Crippen molar-refractivity contribution in [3.63, 3.8) is 0 Å². The number of carboxylic acid groups (broad SMARTS) is 1. The molecule has 2 rings (SSSR count). The van der Waals surface area contributed by atoms with Crippen LogP contribution >= 0.6 is 11.6 Å². The molecule has 0 amide bonds. The van der Waals surface area contributed by atoms with Crippen LogP contribution in [0.1, 0.15) is 5.56 Å². The first-order valence-corrected chi connectivity index (χ1v) is 6.28. The smallest absolute Gasteiger partial charge is 0.320 e. The van der Waals surface area contributed by atoms with E-state index in [0.717, 1.165) is 16.7 Å². The van der Waals surface area contributed by atoms with Gasteiger partial charge in [0.25, 0.3) is 0 Å². The molecule has 0 unspecified atom stereocenters. The summed E-state index contributed by atoms with van der Waals surface area (Å²) in [4.78, 5) is 10.9. The lowest BCUT2D eigenvalue weighted by Gasteiger charge is -2.12. The first-order chi connectivity index (χ1) is 9.08. The molecule has 0 spiro atoms. The molecule has 0 saturated carbocycles. The highest BCUT2D eigenvalue weighted by Gasteiger charge is 2.14. The fourth-order valence-electron chi connectivity index (χ4n) is 1.93. The Labute approximate surface area is 116 Å². The summed E-state index contributed by atoms with van der Waals surface area (Å²) in [7, 11) is 0. The standard InChI is InChI=1S/C15H14ClNO2/c16-12-7-5-10(6-8-12)13-4-2-1-3-11(13)9-14(17)15(18)19/h1-8,14H,9,17H2,(H,18,19)/t14-/m0/s1. The molecule has 0 fully saturated rings. The zero-order valence-electron chi connectivity index (χ0n) is 10.2. The van der Waals surface area contributed by atoms with E-state index in [2.05, 4.69) is 0 Å². The van der Waals surface area contributed by atoms with Gasteiger partial charge in [-0.25, -0.2) is 0 Å². The van der Waals surface area contributed by atoms with Crippen molar-refractivity contribution in [2.45, 2.75) is 12.5 Å². The lowest BCUT2D eigenvalue weighted by atomic mass is 9.95. The zero-order valence-corrected chi connectivity index (χ0v) is 11.0. The van der Waals surface area contributed by atoms with Crippen LogP contribution in [0, 0.1) is 0 Å². The molecule has 2 aromatic carbocycles. The quantitative estimate of drug-likeness (QED) is 0.902. The second-order valence-corrected chi connectivity index (χ2v) is 4.75. The number of nitrogens with two attached hydrogens (primary N) is 1. The van der Waals surface area contributed by atoms with Gasteiger partial charge >= 0.3 is 5.97 Å². The van der Waals surface area contributed by atoms with E-state index < -0.39 is 12.0 Å². The summed E-state index contributed by atoms with van der Waals surface area (Å²) < 4.78 is 0. The number of carboxylic acids is 1. The third-order valence-corrected chi connectivity index (χ3v) is 3.18. The maximum atomic E-state index is 10.9. The van der Waals surface area contributed by atoms with E-state index in [1.54, 1.807) is 0 Å². The van der Waals surface area contributed by atoms with E-state index in [1.807, 2.05) is 48.5 Å². The van der Waals surface area contributed by atoms with Crippen molar-refractivity contribution in [3.8, 4) is 11.1 Å². The third kappa shape index (κ3) is 3.34. The van der Waals surface area contributed by atoms with Crippen molar-refractivity contribution >= 4 is 17.6 Å². The maximum Gasteiger partial charge on any atom is 0.320 e. The summed E-state index contributed by atoms with van der Waals surface area (Å²) in [6.45, 7) is 0. The summed E-state index contributed by atoms with van der Waals surface area (Å²) in [5.74, 6) is -0.995. The molecule has 0 bridgehead atoms. The van der Waals surface area contributed by atoms with Crippen molar-refractivity contribution < 1.29 is 9.90 Å². The van der Waals surface area contributed by atoms with Crippen LogP contribution in [0.4, 0.5) is 0 Å². The highest BCUT2D eigenvalue weighted by Crippen LogP contribution is 2.25. The van der Waals surface area contributed by atoms with Gasteiger partial charge in [-0.15, -0.1) is 0 Å². The SMILES string of the molecule is N[C@@H](Cc1ccccc1-c1ccc(Cl)cc1)C(=O)O. The Morgan fingerprint density at radius 3 is 2.42 bits per heavy atom. The number of hydrogen-bond acceptors (Lipinski definition) is 2. The summed E-state index contributed by atoms with van der Waals surface area (Å²) in [6, 6.07) is 14.2. The monoisotopic (exact) mass is 275 g/mol. The average molecular weight is 276 g/mol. The second-order valence-electron chi connectivity index (χ2n) is 4.31. The molecule has 0 saturated heterocycles. The Balaban J connectivity index is 2.35. The molecule has 0 aliphatic carbocycles. The number of benzene rings is 2. The highest BCUT2D eigenvalue weighted by atomic mass is 35.5. The average Bonchev–Trinajstić information content (AvgIpc) is 2.40. The van der Waals surface area contributed by atoms with E-state index in [1.165, 1.54) is 0 Å². The predicted molar refractivity (Wildman–Crippen MR) is 76.2 cm³/mol. The number of carbonyl (C=O) groups is 1. The van der Waals surface area contributed by atoms with Gasteiger partial charge < -0.3 is 10.8 Å². The van der Waals surface area contributed by atoms with Gasteiger partial charge in [0.15, 0.2) is 0 Å². The van der Waals surface area contributed by atoms with Crippen LogP contribution in [-0.4, -0.2) is 17.1 Å². The van der Waals surface area contributed by atoms with E-state index in [0.29, 0.717) is 11.4 Å². The largest absolute Gasteiger partial charge is 0.480 e. The molecule has 0 heterocycles. The molecule has 4 heteroatoms. The first-order valence-electron chi connectivity index (χ1n) is 5.90. The summed E-state index contributed by atoms with van der Waals surface area (Å²) in [6.07, 6.45) is 0.300. The third-order valence-electron chi connectivity index (χ3n) is 2.93. The molecule has 19 heavy (non-hydrogen) atoms. The Bertz CT molecular complexity index is 581. The van der Waals surface area contributed by atoms with Crippen LogP contribution in [0.3, 0.4) is 0 Å². The Kier molecular flexibility index (Phi) is 4.20. The molecule has 0 radical (unpaired) electrons. The van der Waals surface area contributed by atoms with Crippen LogP contribution in [0.15, 0.2) is 48.5 Å². The van der Waals surface area contributed by atoms with E-state index in [4.69, 9.17) is 22.4 Å². The van der Waals surface area contributed by atoms with Crippen molar-refractivity contribution in [2.24, 2.45) is 5.73 Å². The van der Waals surface area contributed by atoms with Crippen molar-refractivity contribution in [3.05, 3.63) is 59.1 Å². The number of halogens is 1. The first kappa shape index (κ1) is 13.6. The lowest BCUT2D eigenvalue weighted by Crippen LogP contribution is -2.32. The number of hydrogen-bond donors (Lipinski definition) is 2. The van der Waals surface area contributed by atoms with Gasteiger partial charge in [-0.3, -0.25) is 4.79 Å². The normalized spacial score (nSPS) is 12.1. The highest BCUT2D eigenvalue weighted by molar-refractivity contribution is 6.30. The van der Waals surface area contributed by atoms with Crippen LogP contribution < -0.4 is 5.73 Å². The molecule has 2 aromatic rings. The number of rotatable bonds is 4. The van der Waals surface area contributed by atoms with Crippen molar-refractivity contribution in [1.29, 1.82) is 0 Å². The van der Waals surface area contributed by atoms with Crippen LogP contribution in [0.25, 0.3) is 11.1 Å². The van der Waals surface area contributed by atoms with Gasteiger partial charge in [0.2, 0.25) is 0 Å². The minimum Gasteiger partial charge on any atom is -0.480 e. The number of aliphatic carboxylic acids is 1. The zero-order chi connectivity index (χ0) is 13.8. The fourth-order valence-corrected chi connectivity index (χ4v) is 2.06. The summed E-state index contributed by atoms with van der Waals surface area (Å²) in [5.41, 5.74) is 8.50. The van der Waals surface area contributed by atoms with Crippen molar-refractivity contribution in [1.82, 2.24) is 0 Å². The van der Waals surface area contributed by atoms with Gasteiger partial charge in [-0.05, 0) is 35.2 Å². The van der Waals surface area contributed by atoms with Crippen LogP contribution in [-0.2, 0) is 11.2 Å². The molecule has 98 valence electrons. The van der Waals surface area contributed by atoms with Gasteiger partial charge in [0.05, 0.1) is 0 Å². The Hall–Kier alpha value is -1.84. The Morgan fingerprint density at radius 1 is 1.16 bits per heavy atom. The topological polar surface area (TPSA) is 63.3 Å². The van der Waals surface area contributed by atoms with Crippen molar-refractivity contribution in [2.75, 3.05) is 0 Å². The molecule has 0 aliphatic rings. The summed E-state index contributed by atoms with van der Waals surface area (Å²) in [5, 5.41) is 9.57. The molecule has 0 aliphatic heterocycles. The molecule has 0 aromatic heterocycles. The predicted octanol–water partition coefficient (Wildman–Crippen LogP) is 2.96. The minimum absolute atomic E-state index is 0.300. The minimum atomic E-state index is -0.995. The maximum absolute atomic E-state index is 10.9. The molecule has 3 nitrogen and oxygen atoms in total. The fraction of sp³-hybridized carbons (Fsp3) is 0.133.